The minimum atomic E-state index is -0.239. The number of amides is 1. The fourth-order valence-corrected chi connectivity index (χ4v) is 4.45. The number of hydrogen-bond donors (Lipinski definition) is 1. The monoisotopic (exact) mass is 350 g/mol. The smallest absolute Gasteiger partial charge is 0.263 e. The van der Waals surface area contributed by atoms with Gasteiger partial charge in [0.15, 0.2) is 0 Å². The van der Waals surface area contributed by atoms with E-state index in [4.69, 9.17) is 0 Å². The maximum absolute atomic E-state index is 12.9. The Morgan fingerprint density at radius 1 is 1.04 bits per heavy atom. The van der Waals surface area contributed by atoms with Gasteiger partial charge in [0.25, 0.3) is 11.5 Å². The Hall–Kier alpha value is -2.36. The quantitative estimate of drug-likeness (QED) is 0.902. The van der Waals surface area contributed by atoms with Gasteiger partial charge < -0.3 is 9.88 Å². The molecule has 1 atom stereocenters. The minimum absolute atomic E-state index is 0.00502. The molecule has 0 fully saturated rings. The molecular formula is C22H26N2O2. The molecular weight excluding hydrogens is 324 g/mol. The summed E-state index contributed by atoms with van der Waals surface area (Å²) < 4.78 is 1.71. The van der Waals surface area contributed by atoms with Gasteiger partial charge in [0.2, 0.25) is 0 Å². The SMILES string of the molecule is Cn1c2c(cc(C(=O)NC3CCc4ccccc43)c1=O)CCCCCC2. The van der Waals surface area contributed by atoms with Gasteiger partial charge in [0.1, 0.15) is 5.56 Å². The molecule has 0 aliphatic heterocycles. The first-order valence-corrected chi connectivity index (χ1v) is 9.75. The summed E-state index contributed by atoms with van der Waals surface area (Å²) in [5, 5.41) is 3.10. The summed E-state index contributed by atoms with van der Waals surface area (Å²) in [7, 11) is 1.81. The summed E-state index contributed by atoms with van der Waals surface area (Å²) in [6.45, 7) is 0. The molecule has 2 aromatic rings. The molecule has 1 aromatic heterocycles. The molecule has 0 spiro atoms. The zero-order valence-corrected chi connectivity index (χ0v) is 15.4. The third-order valence-electron chi connectivity index (χ3n) is 5.92. The summed E-state index contributed by atoms with van der Waals surface area (Å²) in [6, 6.07) is 10.1. The van der Waals surface area contributed by atoms with Gasteiger partial charge in [-0.2, -0.15) is 0 Å². The molecule has 0 saturated carbocycles. The van der Waals surface area contributed by atoms with Crippen molar-refractivity contribution < 1.29 is 4.79 Å². The first-order chi connectivity index (χ1) is 12.6. The van der Waals surface area contributed by atoms with Crippen LogP contribution in [-0.4, -0.2) is 10.5 Å². The van der Waals surface area contributed by atoms with E-state index in [1.165, 1.54) is 29.5 Å². The molecule has 1 unspecified atom stereocenters. The van der Waals surface area contributed by atoms with Crippen molar-refractivity contribution in [3.63, 3.8) is 0 Å². The number of pyridine rings is 1. The third kappa shape index (κ3) is 3.09. The molecule has 1 heterocycles. The van der Waals surface area contributed by atoms with E-state index in [1.807, 2.05) is 25.2 Å². The largest absolute Gasteiger partial charge is 0.345 e. The van der Waals surface area contributed by atoms with Gasteiger partial charge in [-0.1, -0.05) is 37.1 Å². The Kier molecular flexibility index (Phi) is 4.66. The second kappa shape index (κ2) is 7.10. The number of hydrogen-bond acceptors (Lipinski definition) is 2. The zero-order chi connectivity index (χ0) is 18.1. The van der Waals surface area contributed by atoms with Gasteiger partial charge in [0, 0.05) is 12.7 Å². The van der Waals surface area contributed by atoms with Gasteiger partial charge in [0.05, 0.1) is 6.04 Å². The first-order valence-electron chi connectivity index (χ1n) is 9.75. The molecule has 1 N–H and O–H groups in total. The maximum atomic E-state index is 12.9. The summed E-state index contributed by atoms with van der Waals surface area (Å²) >= 11 is 0. The highest BCUT2D eigenvalue weighted by Crippen LogP contribution is 2.31. The number of carbonyl (C=O) groups is 1. The van der Waals surface area contributed by atoms with Crippen molar-refractivity contribution in [1.29, 1.82) is 0 Å². The van der Waals surface area contributed by atoms with E-state index in [0.717, 1.165) is 44.2 Å². The van der Waals surface area contributed by atoms with Gasteiger partial charge in [-0.15, -0.1) is 0 Å². The van der Waals surface area contributed by atoms with Gasteiger partial charge in [-0.25, -0.2) is 0 Å². The minimum Gasteiger partial charge on any atom is -0.345 e. The molecule has 1 amide bonds. The molecule has 26 heavy (non-hydrogen) atoms. The summed E-state index contributed by atoms with van der Waals surface area (Å²) in [6.07, 6.45) is 8.45. The van der Waals surface area contributed by atoms with Gasteiger partial charge >= 0.3 is 0 Å². The molecule has 4 nitrogen and oxygen atoms in total. The molecule has 4 rings (SSSR count). The third-order valence-corrected chi connectivity index (χ3v) is 5.92. The molecule has 1 aromatic carbocycles. The topological polar surface area (TPSA) is 51.1 Å². The van der Waals surface area contributed by atoms with Crippen LogP contribution >= 0.6 is 0 Å². The van der Waals surface area contributed by atoms with Crippen LogP contribution in [0.2, 0.25) is 0 Å². The standard InChI is InChI=1S/C22H26N2O2/c1-24-20-11-5-3-2-4-9-16(20)14-18(22(24)26)21(25)23-19-13-12-15-8-6-7-10-17(15)19/h6-8,10,14,19H,2-5,9,11-13H2,1H3,(H,23,25). The van der Waals surface area contributed by atoms with Crippen LogP contribution < -0.4 is 10.9 Å². The van der Waals surface area contributed by atoms with E-state index in [1.54, 1.807) is 4.57 Å². The molecule has 0 saturated heterocycles. The Morgan fingerprint density at radius 2 is 1.81 bits per heavy atom. The van der Waals surface area contributed by atoms with Crippen LogP contribution in [0.5, 0.6) is 0 Å². The number of aromatic nitrogens is 1. The maximum Gasteiger partial charge on any atom is 0.263 e. The second-order valence-electron chi connectivity index (χ2n) is 7.57. The highest BCUT2D eigenvalue weighted by molar-refractivity contribution is 5.94. The first kappa shape index (κ1) is 17.1. The Morgan fingerprint density at radius 3 is 2.65 bits per heavy atom. The van der Waals surface area contributed by atoms with Crippen LogP contribution in [-0.2, 0) is 26.3 Å². The Bertz CT molecular complexity index is 898. The van der Waals surface area contributed by atoms with Crippen LogP contribution in [0.15, 0.2) is 35.1 Å². The van der Waals surface area contributed by atoms with Gasteiger partial charge in [-0.05, 0) is 61.3 Å². The number of rotatable bonds is 2. The number of carbonyl (C=O) groups excluding carboxylic acids is 1. The summed E-state index contributed by atoms with van der Waals surface area (Å²) in [4.78, 5) is 25.7. The lowest BCUT2D eigenvalue weighted by Crippen LogP contribution is -2.35. The van der Waals surface area contributed by atoms with Crippen molar-refractivity contribution in [1.82, 2.24) is 9.88 Å². The predicted octanol–water partition coefficient (Wildman–Crippen LogP) is 3.46. The molecule has 136 valence electrons. The predicted molar refractivity (Wildman–Crippen MR) is 103 cm³/mol. The molecule has 0 radical (unpaired) electrons. The van der Waals surface area contributed by atoms with E-state index in [0.29, 0.717) is 0 Å². The van der Waals surface area contributed by atoms with Crippen molar-refractivity contribution in [3.05, 3.63) is 68.6 Å². The highest BCUT2D eigenvalue weighted by Gasteiger charge is 2.26. The second-order valence-corrected chi connectivity index (χ2v) is 7.57. The zero-order valence-electron chi connectivity index (χ0n) is 15.4. The Balaban J connectivity index is 1.63. The van der Waals surface area contributed by atoms with Crippen molar-refractivity contribution in [2.45, 2.75) is 57.4 Å². The summed E-state index contributed by atoms with van der Waals surface area (Å²) in [5.74, 6) is -0.239. The molecule has 0 bridgehead atoms. The van der Waals surface area contributed by atoms with Crippen LogP contribution in [0.1, 0.15) is 70.9 Å². The summed E-state index contributed by atoms with van der Waals surface area (Å²) in [5.41, 5.74) is 4.87. The lowest BCUT2D eigenvalue weighted by atomic mass is 9.95. The number of nitrogens with zero attached hydrogens (tertiary/aromatic N) is 1. The average Bonchev–Trinajstić information content (AvgIpc) is 3.02. The average molecular weight is 350 g/mol. The van der Waals surface area contributed by atoms with Crippen molar-refractivity contribution in [2.75, 3.05) is 0 Å². The van der Waals surface area contributed by atoms with E-state index >= 15 is 0 Å². The molecule has 2 aliphatic carbocycles. The van der Waals surface area contributed by atoms with Crippen LogP contribution in [0.25, 0.3) is 0 Å². The fourth-order valence-electron chi connectivity index (χ4n) is 4.45. The number of nitrogens with one attached hydrogen (secondary N) is 1. The van der Waals surface area contributed by atoms with Crippen molar-refractivity contribution in [3.8, 4) is 0 Å². The van der Waals surface area contributed by atoms with Crippen LogP contribution in [0.3, 0.4) is 0 Å². The van der Waals surface area contributed by atoms with Crippen molar-refractivity contribution in [2.24, 2.45) is 7.05 Å². The van der Waals surface area contributed by atoms with Crippen molar-refractivity contribution >= 4 is 5.91 Å². The van der Waals surface area contributed by atoms with Gasteiger partial charge in [-0.3, -0.25) is 9.59 Å². The lowest BCUT2D eigenvalue weighted by molar-refractivity contribution is 0.0934. The van der Waals surface area contributed by atoms with E-state index in [2.05, 4.69) is 17.4 Å². The lowest BCUT2D eigenvalue weighted by Gasteiger charge is -2.19. The number of aryl methyl sites for hydroxylation is 2. The number of fused-ring (bicyclic) bond motifs is 2. The fraction of sp³-hybridized carbons (Fsp3) is 0.455. The highest BCUT2D eigenvalue weighted by atomic mass is 16.2. The molecule has 2 aliphatic rings. The van der Waals surface area contributed by atoms with Crippen LogP contribution in [0.4, 0.5) is 0 Å². The van der Waals surface area contributed by atoms with E-state index in [-0.39, 0.29) is 23.1 Å². The number of benzene rings is 1. The van der Waals surface area contributed by atoms with Crippen LogP contribution in [0, 0.1) is 0 Å². The molecule has 4 heteroatoms. The Labute approximate surface area is 154 Å². The normalized spacial score (nSPS) is 19.2. The van der Waals surface area contributed by atoms with E-state index < -0.39 is 0 Å². The van der Waals surface area contributed by atoms with E-state index in [9.17, 15) is 9.59 Å².